The van der Waals surface area contributed by atoms with Crippen LogP contribution in [0, 0.1) is 0 Å². The number of hydrogen-bond donors (Lipinski definition) is 1. The average Bonchev–Trinajstić information content (AvgIpc) is 3.22. The minimum Gasteiger partial charge on any atom is -0.467 e. The molecule has 3 aromatic rings. The third-order valence-corrected chi connectivity index (χ3v) is 4.68. The second-order valence-corrected chi connectivity index (χ2v) is 6.45. The first kappa shape index (κ1) is 14.6. The van der Waals surface area contributed by atoms with Crippen molar-refractivity contribution in [2.75, 3.05) is 6.54 Å². The molecule has 0 saturated heterocycles. The van der Waals surface area contributed by atoms with Crippen LogP contribution in [-0.2, 0) is 10.0 Å². The number of benzene rings is 1. The van der Waals surface area contributed by atoms with Gasteiger partial charge in [-0.15, -0.1) is 0 Å². The number of rotatable bonds is 6. The lowest BCUT2D eigenvalue weighted by molar-refractivity contribution is 0.402. The third kappa shape index (κ3) is 3.10. The van der Waals surface area contributed by atoms with Crippen molar-refractivity contribution < 1.29 is 12.8 Å². The molecular formula is C15H15N3O3S. The summed E-state index contributed by atoms with van der Waals surface area (Å²) in [6.45, 7) is 0.145. The monoisotopic (exact) mass is 317 g/mol. The van der Waals surface area contributed by atoms with Crippen LogP contribution >= 0.6 is 0 Å². The Morgan fingerprint density at radius 3 is 2.59 bits per heavy atom. The first-order valence-electron chi connectivity index (χ1n) is 6.74. The molecule has 1 aromatic carbocycles. The molecule has 0 bridgehead atoms. The van der Waals surface area contributed by atoms with Gasteiger partial charge >= 0.3 is 0 Å². The van der Waals surface area contributed by atoms with Gasteiger partial charge in [-0.3, -0.25) is 4.68 Å². The van der Waals surface area contributed by atoms with E-state index < -0.39 is 10.0 Å². The smallest absolute Gasteiger partial charge is 0.240 e. The van der Waals surface area contributed by atoms with Gasteiger partial charge in [0, 0.05) is 18.9 Å². The molecule has 0 aliphatic heterocycles. The van der Waals surface area contributed by atoms with Gasteiger partial charge in [0.05, 0.1) is 11.2 Å². The highest BCUT2D eigenvalue weighted by atomic mass is 32.2. The van der Waals surface area contributed by atoms with E-state index in [4.69, 9.17) is 4.42 Å². The van der Waals surface area contributed by atoms with Crippen LogP contribution in [-0.4, -0.2) is 24.7 Å². The number of sulfonamides is 1. The molecule has 22 heavy (non-hydrogen) atoms. The summed E-state index contributed by atoms with van der Waals surface area (Å²) in [6, 6.07) is 13.2. The van der Waals surface area contributed by atoms with Crippen molar-refractivity contribution in [3.63, 3.8) is 0 Å². The van der Waals surface area contributed by atoms with E-state index in [2.05, 4.69) is 9.82 Å². The highest BCUT2D eigenvalue weighted by molar-refractivity contribution is 7.89. The average molecular weight is 317 g/mol. The summed E-state index contributed by atoms with van der Waals surface area (Å²) in [5, 5.41) is 4.17. The van der Waals surface area contributed by atoms with Crippen LogP contribution in [0.25, 0.3) is 0 Å². The highest BCUT2D eigenvalue weighted by Crippen LogP contribution is 2.18. The van der Waals surface area contributed by atoms with Gasteiger partial charge in [-0.25, -0.2) is 13.1 Å². The van der Waals surface area contributed by atoms with Crippen LogP contribution in [0.1, 0.15) is 11.8 Å². The molecule has 0 radical (unpaired) electrons. The van der Waals surface area contributed by atoms with E-state index in [-0.39, 0.29) is 17.5 Å². The fourth-order valence-electron chi connectivity index (χ4n) is 2.14. The molecule has 1 unspecified atom stereocenters. The standard InChI is InChI=1S/C15H15N3O3S/c19-22(20,13-6-2-1-3-7-13)17-12-14(15-8-4-11-21-15)18-10-5-9-16-18/h1-11,14,17H,12H2. The molecule has 0 aliphatic carbocycles. The number of nitrogens with zero attached hydrogens (tertiary/aromatic N) is 2. The summed E-state index contributed by atoms with van der Waals surface area (Å²) in [5.41, 5.74) is 0. The summed E-state index contributed by atoms with van der Waals surface area (Å²) in [5.74, 6) is 0.638. The van der Waals surface area contributed by atoms with Crippen molar-refractivity contribution in [3.05, 3.63) is 72.9 Å². The van der Waals surface area contributed by atoms with E-state index in [1.165, 1.54) is 0 Å². The summed E-state index contributed by atoms with van der Waals surface area (Å²) in [6.07, 6.45) is 4.96. The predicted octanol–water partition coefficient (Wildman–Crippen LogP) is 2.04. The van der Waals surface area contributed by atoms with E-state index in [9.17, 15) is 8.42 Å². The molecule has 6 nitrogen and oxygen atoms in total. The molecule has 0 spiro atoms. The maximum absolute atomic E-state index is 12.3. The van der Waals surface area contributed by atoms with Gasteiger partial charge in [0.1, 0.15) is 11.8 Å². The van der Waals surface area contributed by atoms with E-state index in [0.29, 0.717) is 5.76 Å². The van der Waals surface area contributed by atoms with Gasteiger partial charge < -0.3 is 4.42 Å². The normalized spacial score (nSPS) is 13.1. The topological polar surface area (TPSA) is 77.1 Å². The SMILES string of the molecule is O=S(=O)(NCC(c1ccco1)n1cccn1)c1ccccc1. The molecule has 2 heterocycles. The maximum Gasteiger partial charge on any atom is 0.240 e. The Labute approximate surface area is 128 Å². The zero-order valence-corrected chi connectivity index (χ0v) is 12.5. The molecule has 3 rings (SSSR count). The van der Waals surface area contributed by atoms with Gasteiger partial charge in [0.2, 0.25) is 10.0 Å². The largest absolute Gasteiger partial charge is 0.467 e. The minimum absolute atomic E-state index is 0.145. The van der Waals surface area contributed by atoms with Crippen LogP contribution in [0.4, 0.5) is 0 Å². The first-order chi connectivity index (χ1) is 10.7. The lowest BCUT2D eigenvalue weighted by atomic mass is 10.2. The second-order valence-electron chi connectivity index (χ2n) is 4.68. The molecule has 0 saturated carbocycles. The maximum atomic E-state index is 12.3. The predicted molar refractivity (Wildman–Crippen MR) is 80.7 cm³/mol. The lowest BCUT2D eigenvalue weighted by Gasteiger charge is -2.16. The molecular weight excluding hydrogens is 302 g/mol. The van der Waals surface area contributed by atoms with Crippen LogP contribution in [0.15, 0.2) is 76.5 Å². The molecule has 0 amide bonds. The number of furan rings is 1. The number of hydrogen-bond acceptors (Lipinski definition) is 4. The number of nitrogens with one attached hydrogen (secondary N) is 1. The Morgan fingerprint density at radius 1 is 1.14 bits per heavy atom. The molecule has 114 valence electrons. The quantitative estimate of drug-likeness (QED) is 0.755. The molecule has 0 aliphatic rings. The summed E-state index contributed by atoms with van der Waals surface area (Å²) < 4.78 is 34.3. The van der Waals surface area contributed by atoms with Crippen molar-refractivity contribution in [1.29, 1.82) is 0 Å². The van der Waals surface area contributed by atoms with E-state index >= 15 is 0 Å². The van der Waals surface area contributed by atoms with E-state index in [1.807, 2.05) is 0 Å². The molecule has 1 atom stereocenters. The lowest BCUT2D eigenvalue weighted by Crippen LogP contribution is -2.31. The molecule has 1 N–H and O–H groups in total. The van der Waals surface area contributed by atoms with Crippen LogP contribution in [0.2, 0.25) is 0 Å². The first-order valence-corrected chi connectivity index (χ1v) is 8.22. The van der Waals surface area contributed by atoms with Gasteiger partial charge in [-0.2, -0.15) is 5.10 Å². The molecule has 0 fully saturated rings. The minimum atomic E-state index is -3.57. The Hall–Kier alpha value is -2.38. The highest BCUT2D eigenvalue weighted by Gasteiger charge is 2.21. The van der Waals surface area contributed by atoms with Crippen molar-refractivity contribution in [2.24, 2.45) is 0 Å². The zero-order valence-electron chi connectivity index (χ0n) is 11.7. The zero-order chi connectivity index (χ0) is 15.4. The van der Waals surface area contributed by atoms with Crippen molar-refractivity contribution in [3.8, 4) is 0 Å². The Kier molecular flexibility index (Phi) is 4.08. The Bertz CT molecular complexity index is 763. The van der Waals surface area contributed by atoms with Crippen molar-refractivity contribution >= 4 is 10.0 Å². The van der Waals surface area contributed by atoms with Crippen molar-refractivity contribution in [2.45, 2.75) is 10.9 Å². The molecule has 2 aromatic heterocycles. The second kappa shape index (κ2) is 6.17. The fourth-order valence-corrected chi connectivity index (χ4v) is 3.20. The summed E-state index contributed by atoms with van der Waals surface area (Å²) in [7, 11) is -3.57. The van der Waals surface area contributed by atoms with Gasteiger partial charge in [-0.1, -0.05) is 18.2 Å². The fraction of sp³-hybridized carbons (Fsp3) is 0.133. The van der Waals surface area contributed by atoms with Gasteiger partial charge in [0.25, 0.3) is 0 Å². The van der Waals surface area contributed by atoms with Gasteiger partial charge in [-0.05, 0) is 30.3 Å². The Balaban J connectivity index is 1.81. The summed E-state index contributed by atoms with van der Waals surface area (Å²) in [4.78, 5) is 0.230. The van der Waals surface area contributed by atoms with E-state index in [1.54, 1.807) is 71.9 Å². The third-order valence-electron chi connectivity index (χ3n) is 3.24. The van der Waals surface area contributed by atoms with Crippen LogP contribution in [0.3, 0.4) is 0 Å². The van der Waals surface area contributed by atoms with Crippen LogP contribution < -0.4 is 4.72 Å². The van der Waals surface area contributed by atoms with Crippen LogP contribution in [0.5, 0.6) is 0 Å². The molecule has 7 heteroatoms. The van der Waals surface area contributed by atoms with E-state index in [0.717, 1.165) is 0 Å². The Morgan fingerprint density at radius 2 is 1.95 bits per heavy atom. The van der Waals surface area contributed by atoms with Gasteiger partial charge in [0.15, 0.2) is 0 Å². The summed E-state index contributed by atoms with van der Waals surface area (Å²) >= 11 is 0. The van der Waals surface area contributed by atoms with Crippen molar-refractivity contribution in [1.82, 2.24) is 14.5 Å². The number of aromatic nitrogens is 2.